The fourth-order valence-electron chi connectivity index (χ4n) is 3.17. The van der Waals surface area contributed by atoms with Gasteiger partial charge in [0, 0.05) is 17.0 Å². The number of rotatable bonds is 5. The maximum absolute atomic E-state index is 5.28. The number of ether oxygens (including phenoxy) is 1. The molecule has 2 heterocycles. The average Bonchev–Trinajstić information content (AvgIpc) is 3.12. The summed E-state index contributed by atoms with van der Waals surface area (Å²) in [7, 11) is 1.68. The van der Waals surface area contributed by atoms with E-state index in [-0.39, 0.29) is 6.04 Å². The first kappa shape index (κ1) is 17.5. The Hall–Kier alpha value is -2.92. The van der Waals surface area contributed by atoms with Crippen molar-refractivity contribution in [2.24, 2.45) is 0 Å². The van der Waals surface area contributed by atoms with Crippen molar-refractivity contribution in [1.29, 1.82) is 0 Å². The lowest BCUT2D eigenvalue weighted by Crippen LogP contribution is -2.09. The SMILES string of the molecule is COc1ccc(-c2csc3nc(C)nc(NC(C)c4ccccc4)c23)cc1. The number of nitrogens with one attached hydrogen (secondary N) is 1. The molecule has 27 heavy (non-hydrogen) atoms. The Morgan fingerprint density at radius 2 is 1.74 bits per heavy atom. The maximum atomic E-state index is 5.28. The highest BCUT2D eigenvalue weighted by Crippen LogP contribution is 2.38. The van der Waals surface area contributed by atoms with Crippen LogP contribution < -0.4 is 10.1 Å². The number of aryl methyl sites for hydroxylation is 1. The first-order chi connectivity index (χ1) is 13.2. The van der Waals surface area contributed by atoms with Crippen LogP contribution in [0.4, 0.5) is 5.82 Å². The molecule has 0 saturated carbocycles. The van der Waals surface area contributed by atoms with Crippen molar-refractivity contribution >= 4 is 27.4 Å². The number of hydrogen-bond acceptors (Lipinski definition) is 5. The van der Waals surface area contributed by atoms with Crippen molar-refractivity contribution in [1.82, 2.24) is 9.97 Å². The van der Waals surface area contributed by atoms with Crippen LogP contribution in [0.25, 0.3) is 21.3 Å². The van der Waals surface area contributed by atoms with Gasteiger partial charge in [0.2, 0.25) is 0 Å². The molecule has 0 fully saturated rings. The second-order valence-electron chi connectivity index (χ2n) is 6.45. The van der Waals surface area contributed by atoms with Gasteiger partial charge in [-0.25, -0.2) is 9.97 Å². The van der Waals surface area contributed by atoms with Crippen molar-refractivity contribution in [3.8, 4) is 16.9 Å². The number of benzene rings is 2. The number of fused-ring (bicyclic) bond motifs is 1. The Morgan fingerprint density at radius 1 is 1.00 bits per heavy atom. The van der Waals surface area contributed by atoms with Gasteiger partial charge in [-0.15, -0.1) is 11.3 Å². The summed E-state index contributed by atoms with van der Waals surface area (Å²) in [5, 5.41) is 6.81. The number of aromatic nitrogens is 2. The standard InChI is InChI=1S/C22H21N3OS/c1-14(16-7-5-4-6-8-16)23-21-20-19(13-27-22(20)25-15(2)24-21)17-9-11-18(26-3)12-10-17/h4-14H,1-3H3,(H,23,24,25). The third kappa shape index (κ3) is 3.51. The summed E-state index contributed by atoms with van der Waals surface area (Å²) >= 11 is 1.65. The van der Waals surface area contributed by atoms with Crippen LogP contribution in [-0.4, -0.2) is 17.1 Å². The molecule has 4 aromatic rings. The second-order valence-corrected chi connectivity index (χ2v) is 7.31. The van der Waals surface area contributed by atoms with Crippen LogP contribution in [-0.2, 0) is 0 Å². The number of thiophene rings is 1. The minimum absolute atomic E-state index is 0.146. The molecule has 0 aliphatic heterocycles. The van der Waals surface area contributed by atoms with E-state index < -0.39 is 0 Å². The predicted molar refractivity (Wildman–Crippen MR) is 113 cm³/mol. The summed E-state index contributed by atoms with van der Waals surface area (Å²) < 4.78 is 5.28. The zero-order valence-corrected chi connectivity index (χ0v) is 16.4. The molecule has 5 heteroatoms. The Balaban J connectivity index is 1.78. The molecule has 1 unspecified atom stereocenters. The zero-order valence-electron chi connectivity index (χ0n) is 15.6. The highest BCUT2D eigenvalue weighted by atomic mass is 32.1. The lowest BCUT2D eigenvalue weighted by Gasteiger charge is -2.16. The smallest absolute Gasteiger partial charge is 0.139 e. The predicted octanol–water partition coefficient (Wildman–Crippen LogP) is 5.85. The molecule has 1 atom stereocenters. The largest absolute Gasteiger partial charge is 0.497 e. The highest BCUT2D eigenvalue weighted by Gasteiger charge is 2.16. The number of hydrogen-bond donors (Lipinski definition) is 1. The molecule has 0 aliphatic rings. The minimum atomic E-state index is 0.146. The van der Waals surface area contributed by atoms with E-state index in [9.17, 15) is 0 Å². The lowest BCUT2D eigenvalue weighted by molar-refractivity contribution is 0.415. The number of nitrogens with zero attached hydrogens (tertiary/aromatic N) is 2. The van der Waals surface area contributed by atoms with E-state index in [0.717, 1.165) is 38.7 Å². The molecule has 0 saturated heterocycles. The van der Waals surface area contributed by atoms with E-state index in [0.29, 0.717) is 0 Å². The van der Waals surface area contributed by atoms with Crippen LogP contribution >= 0.6 is 11.3 Å². The fourth-order valence-corrected chi connectivity index (χ4v) is 4.16. The summed E-state index contributed by atoms with van der Waals surface area (Å²) in [4.78, 5) is 10.4. The van der Waals surface area contributed by atoms with Gasteiger partial charge in [0.1, 0.15) is 22.2 Å². The molecule has 4 rings (SSSR count). The molecule has 4 nitrogen and oxygen atoms in total. The molecule has 1 N–H and O–H groups in total. The van der Waals surface area contributed by atoms with Gasteiger partial charge in [-0.05, 0) is 37.1 Å². The summed E-state index contributed by atoms with van der Waals surface area (Å²) in [6.45, 7) is 4.09. The summed E-state index contributed by atoms with van der Waals surface area (Å²) in [6, 6.07) is 18.7. The summed E-state index contributed by atoms with van der Waals surface area (Å²) in [5.41, 5.74) is 3.49. The first-order valence-electron chi connectivity index (χ1n) is 8.87. The van der Waals surface area contributed by atoms with Gasteiger partial charge in [-0.1, -0.05) is 42.5 Å². The van der Waals surface area contributed by atoms with Gasteiger partial charge in [0.25, 0.3) is 0 Å². The highest BCUT2D eigenvalue weighted by molar-refractivity contribution is 7.17. The van der Waals surface area contributed by atoms with Gasteiger partial charge in [-0.3, -0.25) is 0 Å². The molecule has 2 aromatic heterocycles. The van der Waals surface area contributed by atoms with Crippen molar-refractivity contribution in [3.63, 3.8) is 0 Å². The Morgan fingerprint density at radius 3 is 2.44 bits per heavy atom. The molecular formula is C22H21N3OS. The minimum Gasteiger partial charge on any atom is -0.497 e. The molecule has 2 aromatic carbocycles. The van der Waals surface area contributed by atoms with Crippen LogP contribution in [0.5, 0.6) is 5.75 Å². The third-order valence-electron chi connectivity index (χ3n) is 4.60. The van der Waals surface area contributed by atoms with Gasteiger partial charge >= 0.3 is 0 Å². The van der Waals surface area contributed by atoms with Crippen molar-refractivity contribution in [2.75, 3.05) is 12.4 Å². The Kier molecular flexibility index (Phi) is 4.77. The number of methoxy groups -OCH3 is 1. The van der Waals surface area contributed by atoms with Crippen molar-refractivity contribution in [2.45, 2.75) is 19.9 Å². The van der Waals surface area contributed by atoms with E-state index in [1.165, 1.54) is 5.56 Å². The van der Waals surface area contributed by atoms with Crippen molar-refractivity contribution in [3.05, 3.63) is 71.4 Å². The van der Waals surface area contributed by atoms with Gasteiger partial charge in [0.05, 0.1) is 12.5 Å². The fraction of sp³-hybridized carbons (Fsp3) is 0.182. The zero-order chi connectivity index (χ0) is 18.8. The van der Waals surface area contributed by atoms with E-state index in [2.05, 4.69) is 59.0 Å². The maximum Gasteiger partial charge on any atom is 0.139 e. The molecule has 136 valence electrons. The van der Waals surface area contributed by atoms with Gasteiger partial charge < -0.3 is 10.1 Å². The van der Waals surface area contributed by atoms with Gasteiger partial charge in [0.15, 0.2) is 0 Å². The van der Waals surface area contributed by atoms with Crippen LogP contribution in [0.2, 0.25) is 0 Å². The van der Waals surface area contributed by atoms with E-state index in [1.54, 1.807) is 18.4 Å². The first-order valence-corrected chi connectivity index (χ1v) is 9.75. The topological polar surface area (TPSA) is 47.0 Å². The van der Waals surface area contributed by atoms with Gasteiger partial charge in [-0.2, -0.15) is 0 Å². The van der Waals surface area contributed by atoms with Crippen LogP contribution in [0.15, 0.2) is 60.0 Å². The lowest BCUT2D eigenvalue weighted by atomic mass is 10.0. The van der Waals surface area contributed by atoms with Crippen LogP contribution in [0.3, 0.4) is 0 Å². The van der Waals surface area contributed by atoms with E-state index in [4.69, 9.17) is 9.72 Å². The van der Waals surface area contributed by atoms with E-state index >= 15 is 0 Å². The summed E-state index contributed by atoms with van der Waals surface area (Å²) in [5.74, 6) is 2.50. The Labute approximate surface area is 162 Å². The third-order valence-corrected chi connectivity index (χ3v) is 5.47. The number of anilines is 1. The average molecular weight is 375 g/mol. The second kappa shape index (κ2) is 7.37. The van der Waals surface area contributed by atoms with Crippen molar-refractivity contribution < 1.29 is 4.74 Å². The van der Waals surface area contributed by atoms with Crippen LogP contribution in [0.1, 0.15) is 24.4 Å². The Bertz CT molecular complexity index is 1060. The monoisotopic (exact) mass is 375 g/mol. The molecule has 0 spiro atoms. The van der Waals surface area contributed by atoms with Crippen LogP contribution in [0, 0.1) is 6.92 Å². The molecule has 0 aliphatic carbocycles. The molecular weight excluding hydrogens is 354 g/mol. The molecule has 0 bridgehead atoms. The molecule has 0 amide bonds. The quantitative estimate of drug-likeness (QED) is 0.475. The summed E-state index contributed by atoms with van der Waals surface area (Å²) in [6.07, 6.45) is 0. The van der Waals surface area contributed by atoms with E-state index in [1.807, 2.05) is 25.1 Å². The molecule has 0 radical (unpaired) electrons. The normalized spacial score (nSPS) is 12.1.